The smallest absolute Gasteiger partial charge is 0.207 e. The van der Waals surface area contributed by atoms with Gasteiger partial charge in [-0.25, -0.2) is 0 Å². The first-order valence-corrected chi connectivity index (χ1v) is 6.88. The van der Waals surface area contributed by atoms with Gasteiger partial charge in [0, 0.05) is 6.04 Å². The second-order valence-corrected chi connectivity index (χ2v) is 5.23. The van der Waals surface area contributed by atoms with Gasteiger partial charge in [-0.3, -0.25) is 9.79 Å². The molecule has 1 amide bonds. The van der Waals surface area contributed by atoms with Gasteiger partial charge in [-0.1, -0.05) is 24.6 Å². The SMILES string of the molecule is C=Nc1ccc(C)cc1.CC1CCC(NC=O)CC1. The van der Waals surface area contributed by atoms with E-state index in [1.165, 1.54) is 31.2 Å². The lowest BCUT2D eigenvalue weighted by Crippen LogP contribution is -2.31. The van der Waals surface area contributed by atoms with Crippen LogP contribution in [-0.2, 0) is 4.79 Å². The van der Waals surface area contributed by atoms with Crippen molar-refractivity contribution in [3.63, 3.8) is 0 Å². The molecule has 19 heavy (non-hydrogen) atoms. The van der Waals surface area contributed by atoms with Gasteiger partial charge in [-0.05, 0) is 57.4 Å². The van der Waals surface area contributed by atoms with Crippen molar-refractivity contribution in [3.8, 4) is 0 Å². The second-order valence-electron chi connectivity index (χ2n) is 5.23. The Morgan fingerprint density at radius 1 is 1.21 bits per heavy atom. The van der Waals surface area contributed by atoms with Crippen LogP contribution in [0.15, 0.2) is 29.3 Å². The van der Waals surface area contributed by atoms with Gasteiger partial charge in [0.2, 0.25) is 6.41 Å². The summed E-state index contributed by atoms with van der Waals surface area (Å²) in [5, 5.41) is 2.82. The topological polar surface area (TPSA) is 41.5 Å². The molecule has 104 valence electrons. The third-order valence-electron chi connectivity index (χ3n) is 3.54. The second kappa shape index (κ2) is 8.46. The lowest BCUT2D eigenvalue weighted by Gasteiger charge is -2.25. The maximum atomic E-state index is 10.0. The molecule has 0 saturated heterocycles. The number of benzene rings is 1. The number of aliphatic imine (C=N–C) groups is 1. The largest absolute Gasteiger partial charge is 0.356 e. The van der Waals surface area contributed by atoms with Gasteiger partial charge in [-0.2, -0.15) is 0 Å². The Morgan fingerprint density at radius 3 is 2.26 bits per heavy atom. The number of hydrogen-bond donors (Lipinski definition) is 1. The molecule has 0 radical (unpaired) electrons. The summed E-state index contributed by atoms with van der Waals surface area (Å²) in [6.07, 6.45) is 5.69. The molecule has 1 saturated carbocycles. The molecule has 0 aliphatic heterocycles. The number of amides is 1. The molecule has 1 aliphatic carbocycles. The van der Waals surface area contributed by atoms with E-state index in [2.05, 4.69) is 24.0 Å². The normalized spacial score (nSPS) is 21.8. The van der Waals surface area contributed by atoms with Crippen LogP contribution < -0.4 is 5.32 Å². The molecule has 0 spiro atoms. The van der Waals surface area contributed by atoms with Crippen molar-refractivity contribution in [1.82, 2.24) is 5.32 Å². The number of nitrogens with one attached hydrogen (secondary N) is 1. The Bertz CT molecular complexity index is 378. The molecule has 3 heteroatoms. The van der Waals surface area contributed by atoms with Crippen LogP contribution >= 0.6 is 0 Å². The molecule has 1 aliphatic rings. The summed E-state index contributed by atoms with van der Waals surface area (Å²) in [5.41, 5.74) is 2.18. The minimum atomic E-state index is 0.466. The zero-order valence-corrected chi connectivity index (χ0v) is 11.9. The molecule has 3 nitrogen and oxygen atoms in total. The highest BCUT2D eigenvalue weighted by Crippen LogP contribution is 2.22. The average Bonchev–Trinajstić information content (AvgIpc) is 2.43. The van der Waals surface area contributed by atoms with Crippen LogP contribution in [0.25, 0.3) is 0 Å². The van der Waals surface area contributed by atoms with Crippen LogP contribution in [-0.4, -0.2) is 19.2 Å². The predicted octanol–water partition coefficient (Wildman–Crippen LogP) is 3.64. The molecular weight excluding hydrogens is 236 g/mol. The van der Waals surface area contributed by atoms with E-state index in [9.17, 15) is 4.79 Å². The number of aryl methyl sites for hydroxylation is 1. The third kappa shape index (κ3) is 6.18. The molecule has 0 aromatic heterocycles. The quantitative estimate of drug-likeness (QED) is 0.654. The molecular formula is C16H24N2O. The maximum absolute atomic E-state index is 10.0. The van der Waals surface area contributed by atoms with Crippen LogP contribution in [0.5, 0.6) is 0 Å². The van der Waals surface area contributed by atoms with Crippen LogP contribution in [0.3, 0.4) is 0 Å². The van der Waals surface area contributed by atoms with Crippen molar-refractivity contribution in [2.45, 2.75) is 45.6 Å². The summed E-state index contributed by atoms with van der Waals surface area (Å²) >= 11 is 0. The average molecular weight is 260 g/mol. The monoisotopic (exact) mass is 260 g/mol. The lowest BCUT2D eigenvalue weighted by atomic mass is 9.87. The Hall–Kier alpha value is -1.64. The minimum absolute atomic E-state index is 0.466. The van der Waals surface area contributed by atoms with Gasteiger partial charge < -0.3 is 5.32 Å². The standard InChI is InChI=1S/C8H15NO.C8H9N/c1-7-2-4-8(5-3-7)9-6-10;1-7-3-5-8(9-2)6-4-7/h6-8H,2-5H2,1H3,(H,9,10);3-6H,2H2,1H3. The summed E-state index contributed by atoms with van der Waals surface area (Å²) < 4.78 is 0. The minimum Gasteiger partial charge on any atom is -0.356 e. The summed E-state index contributed by atoms with van der Waals surface area (Å²) in [6.45, 7) is 7.73. The fraction of sp³-hybridized carbons (Fsp3) is 0.500. The van der Waals surface area contributed by atoms with Gasteiger partial charge >= 0.3 is 0 Å². The maximum Gasteiger partial charge on any atom is 0.207 e. The lowest BCUT2D eigenvalue weighted by molar-refractivity contribution is -0.110. The number of carbonyl (C=O) groups is 1. The van der Waals surface area contributed by atoms with Crippen molar-refractivity contribution in [3.05, 3.63) is 29.8 Å². The van der Waals surface area contributed by atoms with Crippen LogP contribution in [0.1, 0.15) is 38.2 Å². The molecule has 1 aromatic rings. The third-order valence-corrected chi connectivity index (χ3v) is 3.54. The van der Waals surface area contributed by atoms with E-state index >= 15 is 0 Å². The molecule has 0 atom stereocenters. The number of hydrogen-bond acceptors (Lipinski definition) is 2. The Balaban J connectivity index is 0.000000191. The van der Waals surface area contributed by atoms with E-state index in [-0.39, 0.29) is 0 Å². The number of nitrogens with zero attached hydrogens (tertiary/aromatic N) is 1. The Kier molecular flexibility index (Phi) is 6.86. The molecule has 1 N–H and O–H groups in total. The van der Waals surface area contributed by atoms with Gasteiger partial charge in [0.1, 0.15) is 0 Å². The fourth-order valence-corrected chi connectivity index (χ4v) is 2.17. The van der Waals surface area contributed by atoms with Crippen molar-refractivity contribution in [2.24, 2.45) is 10.9 Å². The van der Waals surface area contributed by atoms with Crippen LogP contribution in [0.4, 0.5) is 5.69 Å². The fourth-order valence-electron chi connectivity index (χ4n) is 2.17. The van der Waals surface area contributed by atoms with Crippen molar-refractivity contribution >= 4 is 18.8 Å². The number of rotatable bonds is 3. The van der Waals surface area contributed by atoms with E-state index in [1.807, 2.05) is 31.2 Å². The van der Waals surface area contributed by atoms with Gasteiger partial charge in [-0.15, -0.1) is 0 Å². The Labute approximate surface area is 116 Å². The Morgan fingerprint density at radius 2 is 1.79 bits per heavy atom. The van der Waals surface area contributed by atoms with E-state index in [4.69, 9.17) is 0 Å². The van der Waals surface area contributed by atoms with Gasteiger partial charge in [0.15, 0.2) is 0 Å². The zero-order valence-electron chi connectivity index (χ0n) is 11.9. The molecule has 1 fully saturated rings. The van der Waals surface area contributed by atoms with E-state index in [0.29, 0.717) is 6.04 Å². The van der Waals surface area contributed by atoms with Gasteiger partial charge in [0.05, 0.1) is 5.69 Å². The molecule has 0 heterocycles. The van der Waals surface area contributed by atoms with Crippen molar-refractivity contribution in [1.29, 1.82) is 0 Å². The van der Waals surface area contributed by atoms with Crippen LogP contribution in [0.2, 0.25) is 0 Å². The zero-order chi connectivity index (χ0) is 14.1. The van der Waals surface area contributed by atoms with E-state index in [0.717, 1.165) is 18.0 Å². The summed E-state index contributed by atoms with van der Waals surface area (Å²) in [6, 6.07) is 8.40. The first-order chi connectivity index (χ1) is 9.15. The molecule has 1 aromatic carbocycles. The first kappa shape index (κ1) is 15.4. The summed E-state index contributed by atoms with van der Waals surface area (Å²) in [5.74, 6) is 0.865. The molecule has 0 unspecified atom stereocenters. The van der Waals surface area contributed by atoms with E-state index < -0.39 is 0 Å². The molecule has 0 bridgehead atoms. The highest BCUT2D eigenvalue weighted by Gasteiger charge is 2.16. The number of carbonyl (C=O) groups excluding carboxylic acids is 1. The van der Waals surface area contributed by atoms with Gasteiger partial charge in [0.25, 0.3) is 0 Å². The highest BCUT2D eigenvalue weighted by molar-refractivity contribution is 5.46. The van der Waals surface area contributed by atoms with E-state index in [1.54, 1.807) is 0 Å². The predicted molar refractivity (Wildman–Crippen MR) is 81.0 cm³/mol. The van der Waals surface area contributed by atoms with Crippen molar-refractivity contribution in [2.75, 3.05) is 0 Å². The first-order valence-electron chi connectivity index (χ1n) is 6.88. The summed E-state index contributed by atoms with van der Waals surface area (Å²) in [4.78, 5) is 13.8. The highest BCUT2D eigenvalue weighted by atomic mass is 16.1. The van der Waals surface area contributed by atoms with Crippen molar-refractivity contribution < 1.29 is 4.79 Å². The summed E-state index contributed by atoms with van der Waals surface area (Å²) in [7, 11) is 0. The molecule has 2 rings (SSSR count). The van der Waals surface area contributed by atoms with Crippen LogP contribution in [0, 0.1) is 12.8 Å².